The molecule has 1 saturated heterocycles. The Morgan fingerprint density at radius 3 is 2.33 bits per heavy atom. The molecule has 1 N–H and O–H groups in total. The Hall–Kier alpha value is -0.710. The first-order valence-corrected chi connectivity index (χ1v) is 9.30. The number of carbonyl (C=O) groups excluding carboxylic acids is 2. The Kier molecular flexibility index (Phi) is 7.04. The standard InChI is InChI=1S/C16H30N2O2S/c1-6-16(7-2)15(20)17-13(12(4)5)14(19)18(16)10-9-11-21-8-3/h12-13H,6-11H2,1-5H3,(H,17,20). The monoisotopic (exact) mass is 314 g/mol. The third kappa shape index (κ3) is 3.74. The SMILES string of the molecule is CCSCCCN1C(=O)C(C(C)C)NC(=O)C1(CC)CC. The second-order valence-electron chi connectivity index (χ2n) is 5.97. The molecule has 2 amide bonds. The summed E-state index contributed by atoms with van der Waals surface area (Å²) in [6, 6.07) is -0.373. The number of nitrogens with zero attached hydrogens (tertiary/aromatic N) is 1. The largest absolute Gasteiger partial charge is 0.342 e. The van der Waals surface area contributed by atoms with Gasteiger partial charge in [0.25, 0.3) is 0 Å². The Labute approximate surface area is 133 Å². The van der Waals surface area contributed by atoms with Crippen LogP contribution >= 0.6 is 11.8 Å². The molecule has 0 radical (unpaired) electrons. The molecular weight excluding hydrogens is 284 g/mol. The van der Waals surface area contributed by atoms with Gasteiger partial charge < -0.3 is 10.2 Å². The van der Waals surface area contributed by atoms with E-state index in [2.05, 4.69) is 12.2 Å². The number of hydrogen-bond donors (Lipinski definition) is 1. The number of amides is 2. The van der Waals surface area contributed by atoms with Crippen molar-refractivity contribution in [1.82, 2.24) is 10.2 Å². The second kappa shape index (κ2) is 8.06. The molecule has 1 rings (SSSR count). The fraction of sp³-hybridized carbons (Fsp3) is 0.875. The van der Waals surface area contributed by atoms with Crippen LogP contribution in [0.15, 0.2) is 0 Å². The molecule has 1 unspecified atom stereocenters. The van der Waals surface area contributed by atoms with Crippen LogP contribution in [0.25, 0.3) is 0 Å². The van der Waals surface area contributed by atoms with E-state index < -0.39 is 5.54 Å². The van der Waals surface area contributed by atoms with Gasteiger partial charge in [0.05, 0.1) is 0 Å². The molecule has 0 aromatic carbocycles. The van der Waals surface area contributed by atoms with Crippen molar-refractivity contribution in [3.05, 3.63) is 0 Å². The maximum Gasteiger partial charge on any atom is 0.246 e. The van der Waals surface area contributed by atoms with Crippen molar-refractivity contribution in [1.29, 1.82) is 0 Å². The first-order valence-electron chi connectivity index (χ1n) is 8.14. The van der Waals surface area contributed by atoms with Crippen LogP contribution in [0.3, 0.4) is 0 Å². The summed E-state index contributed by atoms with van der Waals surface area (Å²) in [5, 5.41) is 2.95. The molecule has 0 aromatic rings. The fourth-order valence-electron chi connectivity index (χ4n) is 3.04. The van der Waals surface area contributed by atoms with Gasteiger partial charge >= 0.3 is 0 Å². The zero-order valence-corrected chi connectivity index (χ0v) is 14.9. The van der Waals surface area contributed by atoms with Crippen LogP contribution in [0.2, 0.25) is 0 Å². The Balaban J connectivity index is 2.95. The van der Waals surface area contributed by atoms with Crippen LogP contribution in [0, 0.1) is 5.92 Å². The van der Waals surface area contributed by atoms with E-state index in [9.17, 15) is 9.59 Å². The maximum atomic E-state index is 12.8. The molecule has 0 aromatic heterocycles. The van der Waals surface area contributed by atoms with Crippen LogP contribution < -0.4 is 5.32 Å². The van der Waals surface area contributed by atoms with Crippen molar-refractivity contribution in [2.45, 2.75) is 65.5 Å². The molecule has 5 heteroatoms. The van der Waals surface area contributed by atoms with E-state index in [0.29, 0.717) is 19.4 Å². The van der Waals surface area contributed by atoms with E-state index in [-0.39, 0.29) is 23.8 Å². The number of thioether (sulfide) groups is 1. The molecule has 1 aliphatic rings. The Morgan fingerprint density at radius 1 is 1.24 bits per heavy atom. The summed E-state index contributed by atoms with van der Waals surface area (Å²) in [5.41, 5.74) is -0.653. The van der Waals surface area contributed by atoms with E-state index in [1.807, 2.05) is 44.4 Å². The van der Waals surface area contributed by atoms with E-state index in [4.69, 9.17) is 0 Å². The highest BCUT2D eigenvalue weighted by Gasteiger charge is 2.50. The minimum atomic E-state index is -0.653. The third-order valence-electron chi connectivity index (χ3n) is 4.47. The van der Waals surface area contributed by atoms with Gasteiger partial charge in [0.15, 0.2) is 0 Å². The average Bonchev–Trinajstić information content (AvgIpc) is 2.46. The second-order valence-corrected chi connectivity index (χ2v) is 7.37. The summed E-state index contributed by atoms with van der Waals surface area (Å²) in [6.45, 7) is 10.8. The smallest absolute Gasteiger partial charge is 0.246 e. The molecular formula is C16H30N2O2S. The number of carbonyl (C=O) groups is 2. The lowest BCUT2D eigenvalue weighted by atomic mass is 9.84. The van der Waals surface area contributed by atoms with Gasteiger partial charge in [-0.2, -0.15) is 11.8 Å². The maximum absolute atomic E-state index is 12.8. The molecule has 0 aliphatic carbocycles. The summed E-state index contributed by atoms with van der Waals surface area (Å²) in [5.74, 6) is 2.37. The summed E-state index contributed by atoms with van der Waals surface area (Å²) in [6.07, 6.45) is 2.30. The molecule has 122 valence electrons. The number of rotatable bonds is 8. The van der Waals surface area contributed by atoms with Crippen LogP contribution in [-0.2, 0) is 9.59 Å². The van der Waals surface area contributed by atoms with Crippen molar-refractivity contribution >= 4 is 23.6 Å². The van der Waals surface area contributed by atoms with E-state index in [1.54, 1.807) is 0 Å². The lowest BCUT2D eigenvalue weighted by molar-refractivity contribution is -0.159. The highest BCUT2D eigenvalue weighted by molar-refractivity contribution is 7.99. The molecule has 0 spiro atoms. The Morgan fingerprint density at radius 2 is 1.86 bits per heavy atom. The van der Waals surface area contributed by atoms with Gasteiger partial charge in [0.1, 0.15) is 11.6 Å². The molecule has 1 fully saturated rings. The summed E-state index contributed by atoms with van der Waals surface area (Å²) >= 11 is 1.88. The molecule has 1 aliphatic heterocycles. The molecule has 21 heavy (non-hydrogen) atoms. The van der Waals surface area contributed by atoms with Crippen molar-refractivity contribution < 1.29 is 9.59 Å². The van der Waals surface area contributed by atoms with Crippen LogP contribution in [0.1, 0.15) is 53.9 Å². The molecule has 4 nitrogen and oxygen atoms in total. The van der Waals surface area contributed by atoms with E-state index in [1.165, 1.54) is 0 Å². The molecule has 0 saturated carbocycles. The van der Waals surface area contributed by atoms with Crippen LogP contribution in [0.5, 0.6) is 0 Å². The van der Waals surface area contributed by atoms with Gasteiger partial charge in [0, 0.05) is 6.54 Å². The minimum absolute atomic E-state index is 0.0222. The van der Waals surface area contributed by atoms with Crippen LogP contribution in [-0.4, -0.2) is 46.3 Å². The van der Waals surface area contributed by atoms with Crippen molar-refractivity contribution in [3.63, 3.8) is 0 Å². The Bertz CT molecular complexity index is 367. The quantitative estimate of drug-likeness (QED) is 0.701. The lowest BCUT2D eigenvalue weighted by Crippen LogP contribution is -2.71. The molecule has 0 bridgehead atoms. The summed E-state index contributed by atoms with van der Waals surface area (Å²) < 4.78 is 0. The zero-order chi connectivity index (χ0) is 16.0. The van der Waals surface area contributed by atoms with Gasteiger partial charge in [-0.3, -0.25) is 9.59 Å². The predicted molar refractivity (Wildman–Crippen MR) is 89.4 cm³/mol. The minimum Gasteiger partial charge on any atom is -0.342 e. The highest BCUT2D eigenvalue weighted by atomic mass is 32.2. The average molecular weight is 314 g/mol. The summed E-state index contributed by atoms with van der Waals surface area (Å²) in [7, 11) is 0. The topological polar surface area (TPSA) is 49.4 Å². The van der Waals surface area contributed by atoms with Gasteiger partial charge in [-0.1, -0.05) is 34.6 Å². The van der Waals surface area contributed by atoms with Crippen molar-refractivity contribution in [2.24, 2.45) is 5.92 Å². The normalized spacial score (nSPS) is 21.8. The van der Waals surface area contributed by atoms with Gasteiger partial charge in [-0.05, 0) is 36.7 Å². The first-order chi connectivity index (χ1) is 9.94. The third-order valence-corrected chi connectivity index (χ3v) is 5.45. The van der Waals surface area contributed by atoms with Gasteiger partial charge in [-0.25, -0.2) is 0 Å². The van der Waals surface area contributed by atoms with E-state index >= 15 is 0 Å². The molecule has 1 atom stereocenters. The predicted octanol–water partition coefficient (Wildman–Crippen LogP) is 2.67. The first kappa shape index (κ1) is 18.3. The number of nitrogens with one attached hydrogen (secondary N) is 1. The van der Waals surface area contributed by atoms with Crippen molar-refractivity contribution in [2.75, 3.05) is 18.1 Å². The highest BCUT2D eigenvalue weighted by Crippen LogP contribution is 2.30. The van der Waals surface area contributed by atoms with E-state index in [0.717, 1.165) is 17.9 Å². The summed E-state index contributed by atoms with van der Waals surface area (Å²) in [4.78, 5) is 27.3. The zero-order valence-electron chi connectivity index (χ0n) is 14.1. The molecule has 1 heterocycles. The lowest BCUT2D eigenvalue weighted by Gasteiger charge is -2.48. The van der Waals surface area contributed by atoms with Crippen molar-refractivity contribution in [3.8, 4) is 0 Å². The van der Waals surface area contributed by atoms with Gasteiger partial charge in [-0.15, -0.1) is 0 Å². The van der Waals surface area contributed by atoms with Crippen LogP contribution in [0.4, 0.5) is 0 Å². The van der Waals surface area contributed by atoms with Gasteiger partial charge in [0.2, 0.25) is 11.8 Å². The number of piperazine rings is 1. The number of hydrogen-bond acceptors (Lipinski definition) is 3. The fourth-order valence-corrected chi connectivity index (χ4v) is 3.66.